The number of imide groups is 1. The van der Waals surface area contributed by atoms with Gasteiger partial charge in [-0.2, -0.15) is 21.6 Å². The second-order valence-electron chi connectivity index (χ2n) is 6.37. The normalized spacial score (nSPS) is 14.7. The fraction of sp³-hybridized carbons (Fsp3) is 0.368. The Morgan fingerprint density at radius 1 is 1.10 bits per heavy atom. The molecule has 1 unspecified atom stereocenters. The molecule has 0 saturated heterocycles. The molecule has 1 atom stereocenters. The van der Waals surface area contributed by atoms with Crippen LogP contribution in [0, 0.1) is 0 Å². The molecule has 0 bridgehead atoms. The van der Waals surface area contributed by atoms with Gasteiger partial charge in [0.25, 0.3) is 11.8 Å². The zero-order chi connectivity index (χ0) is 22.7. The summed E-state index contributed by atoms with van der Waals surface area (Å²) in [6.07, 6.45) is 1.68. The number of halogens is 3. The summed E-state index contributed by atoms with van der Waals surface area (Å²) in [6.45, 7) is 4.63. The van der Waals surface area contributed by atoms with Gasteiger partial charge < -0.3 is 4.74 Å². The van der Waals surface area contributed by atoms with Crippen LogP contribution in [0.5, 0.6) is 0 Å². The number of hydrogen-bond donors (Lipinski definition) is 2. The van der Waals surface area contributed by atoms with E-state index in [4.69, 9.17) is 17.7 Å². The van der Waals surface area contributed by atoms with Crippen molar-refractivity contribution in [1.29, 1.82) is 0 Å². The number of ether oxygens (including phenoxy) is 1. The van der Waals surface area contributed by atoms with E-state index in [-0.39, 0.29) is 17.9 Å². The molecule has 2 aromatic rings. The Morgan fingerprint density at radius 2 is 1.73 bits per heavy atom. The van der Waals surface area contributed by atoms with Crippen LogP contribution in [-0.4, -0.2) is 36.9 Å². The van der Waals surface area contributed by atoms with Crippen molar-refractivity contribution >= 4 is 32.7 Å². The molecule has 2 N–H and O–H groups in total. The maximum Gasteiger partial charge on any atom is 0.522 e. The van der Waals surface area contributed by atoms with Crippen LogP contribution in [0.2, 0.25) is 0 Å². The molecular weight excluding hydrogens is 427 g/mol. The topological polar surface area (TPSA) is 110 Å². The molecule has 0 fully saturated rings. The summed E-state index contributed by atoms with van der Waals surface area (Å²) in [5.41, 5.74) is -3.53. The number of nitrogens with one attached hydrogen (secondary N) is 1. The Morgan fingerprint density at radius 3 is 2.27 bits per heavy atom. The van der Waals surface area contributed by atoms with Gasteiger partial charge in [-0.1, -0.05) is 37.6 Å². The second kappa shape index (κ2) is 9.11. The molecule has 0 radical (unpaired) electrons. The summed E-state index contributed by atoms with van der Waals surface area (Å²) in [7, 11) is -5.84. The highest BCUT2D eigenvalue weighted by Crippen LogP contribution is 2.34. The molecule has 0 saturated carbocycles. The second-order valence-corrected chi connectivity index (χ2v) is 7.78. The predicted octanol–water partition coefficient (Wildman–Crippen LogP) is 4.00. The van der Waals surface area contributed by atoms with E-state index >= 15 is 0 Å². The molecule has 2 aromatic carbocycles. The van der Waals surface area contributed by atoms with Crippen LogP contribution < -0.4 is 5.32 Å². The Balaban J connectivity index is 0.000000343. The lowest BCUT2D eigenvalue weighted by Crippen LogP contribution is -2.35. The van der Waals surface area contributed by atoms with Gasteiger partial charge in [-0.05, 0) is 30.4 Å². The van der Waals surface area contributed by atoms with Gasteiger partial charge in [0.15, 0.2) is 0 Å². The first-order chi connectivity index (χ1) is 13.9. The van der Waals surface area contributed by atoms with Gasteiger partial charge in [-0.3, -0.25) is 19.5 Å². The Labute approximate surface area is 171 Å². The lowest BCUT2D eigenvalue weighted by molar-refractivity contribution is -0.0510. The molecule has 11 heteroatoms. The van der Waals surface area contributed by atoms with Crippen LogP contribution in [0.4, 0.5) is 13.2 Å². The zero-order valence-electron chi connectivity index (χ0n) is 16.1. The number of carbonyl (C=O) groups excluding carboxylic acids is 2. The third kappa shape index (κ3) is 4.97. The van der Waals surface area contributed by atoms with E-state index in [1.807, 2.05) is 31.2 Å². The average molecular weight is 447 g/mol. The van der Waals surface area contributed by atoms with Crippen LogP contribution in [0.3, 0.4) is 0 Å². The smallest absolute Gasteiger partial charge is 0.374 e. The van der Waals surface area contributed by atoms with Crippen LogP contribution in [0.1, 0.15) is 59.1 Å². The molecule has 1 aliphatic rings. The van der Waals surface area contributed by atoms with Crippen LogP contribution in [0.15, 0.2) is 30.3 Å². The molecule has 0 spiro atoms. The van der Waals surface area contributed by atoms with Gasteiger partial charge in [0.2, 0.25) is 0 Å². The highest BCUT2D eigenvalue weighted by molar-refractivity contribution is 7.86. The highest BCUT2D eigenvalue weighted by atomic mass is 32.2. The highest BCUT2D eigenvalue weighted by Gasteiger charge is 2.44. The van der Waals surface area contributed by atoms with Gasteiger partial charge in [-0.25, -0.2) is 0 Å². The van der Waals surface area contributed by atoms with Gasteiger partial charge in [0.1, 0.15) is 0 Å². The number of rotatable bonds is 5. The molecule has 2 amide bonds. The molecular formula is C19H20F3NO6S. The monoisotopic (exact) mass is 447 g/mol. The largest absolute Gasteiger partial charge is 0.522 e. The van der Waals surface area contributed by atoms with Crippen LogP contribution >= 0.6 is 0 Å². The van der Waals surface area contributed by atoms with Gasteiger partial charge in [-0.15, -0.1) is 0 Å². The minimum absolute atomic E-state index is 0.124. The van der Waals surface area contributed by atoms with Crippen molar-refractivity contribution in [3.63, 3.8) is 0 Å². The van der Waals surface area contributed by atoms with E-state index in [2.05, 4.69) is 12.2 Å². The molecule has 1 aliphatic heterocycles. The quantitative estimate of drug-likeness (QED) is 0.407. The molecule has 0 aliphatic carbocycles. The maximum atomic E-state index is 12.4. The third-order valence-electron chi connectivity index (χ3n) is 4.33. The predicted molar refractivity (Wildman–Crippen MR) is 103 cm³/mol. The summed E-state index contributed by atoms with van der Waals surface area (Å²) >= 11 is 0. The van der Waals surface area contributed by atoms with E-state index in [1.54, 1.807) is 6.07 Å². The van der Waals surface area contributed by atoms with Gasteiger partial charge in [0, 0.05) is 17.6 Å². The van der Waals surface area contributed by atoms with Crippen molar-refractivity contribution in [1.82, 2.24) is 5.32 Å². The number of alkyl halides is 3. The molecule has 30 heavy (non-hydrogen) atoms. The summed E-state index contributed by atoms with van der Waals surface area (Å²) in [5, 5.41) is 4.09. The average Bonchev–Trinajstić information content (AvgIpc) is 2.64. The summed E-state index contributed by atoms with van der Waals surface area (Å²) in [6, 6.07) is 9.43. The fourth-order valence-electron chi connectivity index (χ4n) is 3.12. The standard InChI is InChI=1S/C18H19NO3.CHF3O3S/c1-3-6-14(22-4-2)12-10-9-11-7-5-8-13-15(11)16(12)18(21)19-17(13)20;2-1(3,4)8(5,6)7/h5,7-10,14H,3-4,6H2,1-2H3,(H,19,20,21);(H,5,6,7). The van der Waals surface area contributed by atoms with Gasteiger partial charge >= 0.3 is 15.6 Å². The lowest BCUT2D eigenvalue weighted by atomic mass is 9.88. The maximum absolute atomic E-state index is 12.4. The van der Waals surface area contributed by atoms with Crippen LogP contribution in [-0.2, 0) is 14.9 Å². The van der Waals surface area contributed by atoms with Crippen molar-refractivity contribution in [2.75, 3.05) is 6.61 Å². The molecule has 7 nitrogen and oxygen atoms in total. The molecule has 164 valence electrons. The molecule has 0 aromatic heterocycles. The van der Waals surface area contributed by atoms with Crippen molar-refractivity contribution in [3.8, 4) is 0 Å². The zero-order valence-corrected chi connectivity index (χ0v) is 16.9. The molecule has 3 rings (SSSR count). The van der Waals surface area contributed by atoms with Crippen molar-refractivity contribution in [2.24, 2.45) is 0 Å². The van der Waals surface area contributed by atoms with E-state index in [0.717, 1.165) is 29.2 Å². The van der Waals surface area contributed by atoms with Gasteiger partial charge in [0.05, 0.1) is 11.7 Å². The minimum Gasteiger partial charge on any atom is -0.374 e. The van der Waals surface area contributed by atoms with E-state index in [0.29, 0.717) is 17.7 Å². The SMILES string of the molecule is CCCC(OCC)c1ccc2cccc3c2c1C(=O)NC3=O.O=S(=O)(O)C(F)(F)F. The van der Waals surface area contributed by atoms with E-state index in [9.17, 15) is 22.8 Å². The Kier molecular flexibility index (Phi) is 7.22. The van der Waals surface area contributed by atoms with Crippen molar-refractivity contribution in [3.05, 3.63) is 47.0 Å². The summed E-state index contributed by atoms with van der Waals surface area (Å²) in [4.78, 5) is 24.5. The summed E-state index contributed by atoms with van der Waals surface area (Å²) < 4.78 is 63.4. The first kappa shape index (κ1) is 23.8. The van der Waals surface area contributed by atoms with Crippen molar-refractivity contribution < 1.29 is 40.5 Å². The third-order valence-corrected chi connectivity index (χ3v) is 4.92. The first-order valence-corrected chi connectivity index (χ1v) is 10.4. The van der Waals surface area contributed by atoms with Crippen molar-refractivity contribution in [2.45, 2.75) is 38.3 Å². The fourth-order valence-corrected chi connectivity index (χ4v) is 3.12. The first-order valence-electron chi connectivity index (χ1n) is 8.99. The van der Waals surface area contributed by atoms with Crippen LogP contribution in [0.25, 0.3) is 10.8 Å². The molecule has 1 heterocycles. The van der Waals surface area contributed by atoms with E-state index < -0.39 is 15.6 Å². The van der Waals surface area contributed by atoms with E-state index in [1.165, 1.54) is 0 Å². The number of benzene rings is 2. The number of hydrogen-bond acceptors (Lipinski definition) is 5. The minimum atomic E-state index is -5.84. The Hall–Kier alpha value is -2.50. The summed E-state index contributed by atoms with van der Waals surface area (Å²) in [5.74, 6) is -0.659. The Bertz CT molecular complexity index is 1060. The lowest BCUT2D eigenvalue weighted by Gasteiger charge is -2.24. The number of carbonyl (C=O) groups is 2. The number of amides is 2.